The van der Waals surface area contributed by atoms with Crippen LogP contribution in [0.5, 0.6) is 0 Å². The minimum atomic E-state index is -0.362. The molecule has 0 N–H and O–H groups in total. The number of hydrogen-bond acceptors (Lipinski definition) is 5. The number of fused-ring (bicyclic) bond motifs is 1. The third-order valence-corrected chi connectivity index (χ3v) is 5.58. The first kappa shape index (κ1) is 20.7. The zero-order valence-electron chi connectivity index (χ0n) is 17.4. The highest BCUT2D eigenvalue weighted by atomic mass is 19.1. The van der Waals surface area contributed by atoms with Crippen molar-refractivity contribution in [3.05, 3.63) is 52.5 Å². The van der Waals surface area contributed by atoms with E-state index in [0.29, 0.717) is 48.7 Å². The summed E-state index contributed by atoms with van der Waals surface area (Å²) >= 11 is 0. The summed E-state index contributed by atoms with van der Waals surface area (Å²) in [4.78, 5) is 45.0. The number of hydrogen-bond donors (Lipinski definition) is 0. The van der Waals surface area contributed by atoms with Crippen molar-refractivity contribution in [2.75, 3.05) is 26.2 Å². The van der Waals surface area contributed by atoms with Gasteiger partial charge in [-0.2, -0.15) is 5.10 Å². The number of amides is 2. The Morgan fingerprint density at radius 2 is 1.71 bits per heavy atom. The van der Waals surface area contributed by atoms with E-state index >= 15 is 0 Å². The van der Waals surface area contributed by atoms with Gasteiger partial charge in [0, 0.05) is 46.1 Å². The number of nitrogens with zero attached hydrogens (tertiary/aromatic N) is 6. The normalized spacial score (nSPS) is 14.3. The lowest BCUT2D eigenvalue weighted by molar-refractivity contribution is -0.138. The molecule has 3 aromatic rings. The number of carbonyl (C=O) groups is 2. The molecule has 1 aliphatic heterocycles. The molecule has 31 heavy (non-hydrogen) atoms. The number of piperazine rings is 1. The van der Waals surface area contributed by atoms with Crippen molar-refractivity contribution in [1.82, 2.24) is 29.1 Å². The van der Waals surface area contributed by atoms with Gasteiger partial charge >= 0.3 is 0 Å². The molecule has 1 saturated heterocycles. The Labute approximate surface area is 177 Å². The van der Waals surface area contributed by atoms with Crippen molar-refractivity contribution < 1.29 is 14.0 Å². The van der Waals surface area contributed by atoms with Crippen LogP contribution < -0.4 is 5.56 Å². The molecule has 0 saturated carbocycles. The number of carbonyl (C=O) groups excluding carboxylic acids is 2. The topological polar surface area (TPSA) is 93.3 Å². The van der Waals surface area contributed by atoms with E-state index < -0.39 is 0 Å². The molecule has 162 valence electrons. The molecule has 1 fully saturated rings. The summed E-state index contributed by atoms with van der Waals surface area (Å²) in [6.45, 7) is 5.47. The van der Waals surface area contributed by atoms with Crippen LogP contribution >= 0.6 is 0 Å². The molecule has 0 unspecified atom stereocenters. The Hall–Kier alpha value is -3.56. The van der Waals surface area contributed by atoms with E-state index in [1.807, 2.05) is 0 Å². The molecule has 0 aliphatic carbocycles. The van der Waals surface area contributed by atoms with Gasteiger partial charge < -0.3 is 9.80 Å². The van der Waals surface area contributed by atoms with E-state index in [1.54, 1.807) is 28.9 Å². The zero-order chi connectivity index (χ0) is 22.1. The fourth-order valence-electron chi connectivity index (χ4n) is 3.78. The number of benzene rings is 1. The van der Waals surface area contributed by atoms with E-state index in [4.69, 9.17) is 0 Å². The molecule has 4 rings (SSSR count). The highest BCUT2D eigenvalue weighted by molar-refractivity contribution is 5.78. The van der Waals surface area contributed by atoms with Gasteiger partial charge in [0.25, 0.3) is 5.56 Å². The van der Waals surface area contributed by atoms with Crippen LogP contribution in [0, 0.1) is 12.7 Å². The van der Waals surface area contributed by atoms with Crippen LogP contribution in [-0.2, 0) is 16.1 Å². The highest BCUT2D eigenvalue weighted by Gasteiger charge is 2.22. The van der Waals surface area contributed by atoms with Crippen molar-refractivity contribution in [1.29, 1.82) is 0 Å². The largest absolute Gasteiger partial charge is 0.339 e. The molecule has 10 heteroatoms. The van der Waals surface area contributed by atoms with Gasteiger partial charge in [0.1, 0.15) is 17.0 Å². The Bertz CT molecular complexity index is 1190. The lowest BCUT2D eigenvalue weighted by atomic mass is 10.2. The van der Waals surface area contributed by atoms with E-state index in [0.717, 1.165) is 0 Å². The number of halogens is 1. The molecule has 2 amide bonds. The van der Waals surface area contributed by atoms with Gasteiger partial charge in [-0.05, 0) is 31.2 Å². The molecule has 1 aromatic carbocycles. The molecule has 1 aliphatic rings. The maximum atomic E-state index is 13.2. The molecule has 0 bridgehead atoms. The molecule has 3 heterocycles. The molecule has 2 aromatic heterocycles. The quantitative estimate of drug-likeness (QED) is 0.623. The lowest BCUT2D eigenvalue weighted by Crippen LogP contribution is -2.50. The number of aromatic nitrogens is 4. The van der Waals surface area contributed by atoms with E-state index in [1.165, 1.54) is 34.5 Å². The Morgan fingerprint density at radius 3 is 2.35 bits per heavy atom. The van der Waals surface area contributed by atoms with Crippen LogP contribution in [0.3, 0.4) is 0 Å². The Kier molecular flexibility index (Phi) is 5.53. The summed E-state index contributed by atoms with van der Waals surface area (Å²) in [5, 5.41) is 4.57. The van der Waals surface area contributed by atoms with Gasteiger partial charge in [-0.25, -0.2) is 14.1 Å². The molecule has 0 radical (unpaired) electrons. The lowest BCUT2D eigenvalue weighted by Gasteiger charge is -2.34. The molecule has 0 atom stereocenters. The van der Waals surface area contributed by atoms with Gasteiger partial charge in [-0.1, -0.05) is 0 Å². The monoisotopic (exact) mass is 426 g/mol. The molecule has 9 nitrogen and oxygen atoms in total. The first-order chi connectivity index (χ1) is 14.8. The van der Waals surface area contributed by atoms with Crippen LogP contribution in [0.2, 0.25) is 0 Å². The molecule has 0 spiro atoms. The highest BCUT2D eigenvalue weighted by Crippen LogP contribution is 2.15. The van der Waals surface area contributed by atoms with Gasteiger partial charge in [-0.15, -0.1) is 0 Å². The Balaban J connectivity index is 1.51. The fraction of sp³-hybridized carbons (Fsp3) is 0.381. The third-order valence-electron chi connectivity index (χ3n) is 5.58. The summed E-state index contributed by atoms with van der Waals surface area (Å²) in [6, 6.07) is 5.77. The minimum Gasteiger partial charge on any atom is -0.339 e. The summed E-state index contributed by atoms with van der Waals surface area (Å²) in [5.41, 5.74) is 0.711. The second-order valence-electron chi connectivity index (χ2n) is 7.52. The first-order valence-corrected chi connectivity index (χ1v) is 10.1. The Morgan fingerprint density at radius 1 is 1.06 bits per heavy atom. The van der Waals surface area contributed by atoms with Gasteiger partial charge in [0.2, 0.25) is 11.8 Å². The van der Waals surface area contributed by atoms with Gasteiger partial charge in [0.15, 0.2) is 5.65 Å². The SMILES string of the molecule is CC(=O)N1CCN(C(=O)CCn2c(C)nc3c(cnn3-c3ccc(F)cc3)c2=O)CC1. The van der Waals surface area contributed by atoms with Crippen molar-refractivity contribution in [3.63, 3.8) is 0 Å². The number of rotatable bonds is 4. The summed E-state index contributed by atoms with van der Waals surface area (Å²) in [5.74, 6) is 0.0566. The van der Waals surface area contributed by atoms with E-state index in [9.17, 15) is 18.8 Å². The van der Waals surface area contributed by atoms with Gasteiger partial charge in [0.05, 0.1) is 11.9 Å². The van der Waals surface area contributed by atoms with Crippen LogP contribution in [0.25, 0.3) is 16.7 Å². The standard InChI is InChI=1S/C21H23FN6O3/c1-14-24-20-18(13-23-28(20)17-5-3-16(22)4-6-17)21(31)27(14)8-7-19(30)26-11-9-25(10-12-26)15(2)29/h3-6,13H,7-12H2,1-2H3. The van der Waals surface area contributed by atoms with Crippen molar-refractivity contribution in [2.24, 2.45) is 0 Å². The third kappa shape index (κ3) is 4.05. The first-order valence-electron chi connectivity index (χ1n) is 10.1. The summed E-state index contributed by atoms with van der Waals surface area (Å²) in [6.07, 6.45) is 1.60. The predicted octanol–water partition coefficient (Wildman–Crippen LogP) is 1.11. The van der Waals surface area contributed by atoms with Crippen molar-refractivity contribution in [3.8, 4) is 5.69 Å². The average molecular weight is 426 g/mol. The van der Waals surface area contributed by atoms with Crippen LogP contribution in [0.4, 0.5) is 4.39 Å². The molecular formula is C21H23FN6O3. The zero-order valence-corrected chi connectivity index (χ0v) is 17.4. The number of aryl methyl sites for hydroxylation is 1. The summed E-state index contributed by atoms with van der Waals surface area (Å²) < 4.78 is 16.2. The average Bonchev–Trinajstić information content (AvgIpc) is 3.18. The van der Waals surface area contributed by atoms with Crippen molar-refractivity contribution >= 4 is 22.8 Å². The molecular weight excluding hydrogens is 403 g/mol. The smallest absolute Gasteiger partial charge is 0.264 e. The predicted molar refractivity (Wildman–Crippen MR) is 111 cm³/mol. The second-order valence-corrected chi connectivity index (χ2v) is 7.52. The fourth-order valence-corrected chi connectivity index (χ4v) is 3.78. The minimum absolute atomic E-state index is 0.00911. The second kappa shape index (κ2) is 8.29. The summed E-state index contributed by atoms with van der Waals surface area (Å²) in [7, 11) is 0. The van der Waals surface area contributed by atoms with Crippen LogP contribution in [-0.4, -0.2) is 67.1 Å². The van der Waals surface area contributed by atoms with Crippen LogP contribution in [0.15, 0.2) is 35.3 Å². The van der Waals surface area contributed by atoms with Gasteiger partial charge in [-0.3, -0.25) is 19.0 Å². The maximum Gasteiger partial charge on any atom is 0.264 e. The van der Waals surface area contributed by atoms with Crippen molar-refractivity contribution in [2.45, 2.75) is 26.8 Å². The van der Waals surface area contributed by atoms with E-state index in [2.05, 4.69) is 10.1 Å². The van der Waals surface area contributed by atoms with Crippen LogP contribution in [0.1, 0.15) is 19.2 Å². The van der Waals surface area contributed by atoms with E-state index in [-0.39, 0.29) is 36.2 Å². The maximum absolute atomic E-state index is 13.2.